The van der Waals surface area contributed by atoms with Gasteiger partial charge in [0.15, 0.2) is 11.5 Å². The third-order valence-corrected chi connectivity index (χ3v) is 3.18. The smallest absolute Gasteiger partial charge is 0.157 e. The minimum atomic E-state index is 0.0849. The standard InChI is InChI=1S/C12H17N5O/c18-8-2-11-14-12-9-10(1-5-17(12)15-11)16-6-3-13-4-7-16/h1,5,9,13,18H,2-4,6-8H2. The maximum absolute atomic E-state index is 8.90. The van der Waals surface area contributed by atoms with E-state index in [1.165, 1.54) is 5.69 Å². The Morgan fingerprint density at radius 3 is 2.94 bits per heavy atom. The van der Waals surface area contributed by atoms with Crippen molar-refractivity contribution in [2.75, 3.05) is 37.7 Å². The summed E-state index contributed by atoms with van der Waals surface area (Å²) in [6.07, 6.45) is 2.44. The Bertz CT molecular complexity index is 532. The largest absolute Gasteiger partial charge is 0.396 e. The van der Waals surface area contributed by atoms with Crippen molar-refractivity contribution in [3.05, 3.63) is 24.2 Å². The molecule has 3 heterocycles. The van der Waals surface area contributed by atoms with Crippen LogP contribution in [-0.4, -0.2) is 52.5 Å². The van der Waals surface area contributed by atoms with Gasteiger partial charge in [-0.15, -0.1) is 0 Å². The number of rotatable bonds is 3. The fourth-order valence-corrected chi connectivity index (χ4v) is 2.24. The zero-order chi connectivity index (χ0) is 12.4. The van der Waals surface area contributed by atoms with E-state index in [0.717, 1.165) is 31.8 Å². The third-order valence-electron chi connectivity index (χ3n) is 3.18. The summed E-state index contributed by atoms with van der Waals surface area (Å²) < 4.78 is 1.76. The van der Waals surface area contributed by atoms with Crippen molar-refractivity contribution in [1.29, 1.82) is 0 Å². The number of aromatic nitrogens is 3. The van der Waals surface area contributed by atoms with Crippen LogP contribution < -0.4 is 10.2 Å². The lowest BCUT2D eigenvalue weighted by atomic mass is 10.3. The fraction of sp³-hybridized carbons (Fsp3) is 0.500. The Morgan fingerprint density at radius 2 is 2.17 bits per heavy atom. The molecule has 0 spiro atoms. The van der Waals surface area contributed by atoms with Crippen LogP contribution in [0.3, 0.4) is 0 Å². The highest BCUT2D eigenvalue weighted by atomic mass is 16.3. The highest BCUT2D eigenvalue weighted by Gasteiger charge is 2.12. The van der Waals surface area contributed by atoms with E-state index in [9.17, 15) is 0 Å². The highest BCUT2D eigenvalue weighted by molar-refractivity contribution is 5.56. The number of nitrogens with one attached hydrogen (secondary N) is 1. The van der Waals surface area contributed by atoms with E-state index in [1.807, 2.05) is 6.20 Å². The number of hydrogen-bond donors (Lipinski definition) is 2. The zero-order valence-corrected chi connectivity index (χ0v) is 10.2. The summed E-state index contributed by atoms with van der Waals surface area (Å²) in [6, 6.07) is 4.12. The van der Waals surface area contributed by atoms with Gasteiger partial charge in [0.05, 0.1) is 6.61 Å². The van der Waals surface area contributed by atoms with Crippen molar-refractivity contribution in [1.82, 2.24) is 19.9 Å². The second-order valence-electron chi connectivity index (χ2n) is 4.43. The lowest BCUT2D eigenvalue weighted by Gasteiger charge is -2.29. The summed E-state index contributed by atoms with van der Waals surface area (Å²) in [5.41, 5.74) is 2.03. The predicted molar refractivity (Wildman–Crippen MR) is 68.9 cm³/mol. The number of piperazine rings is 1. The summed E-state index contributed by atoms with van der Waals surface area (Å²) in [5, 5.41) is 16.5. The number of aliphatic hydroxyl groups excluding tert-OH is 1. The van der Waals surface area contributed by atoms with Gasteiger partial charge in [-0.25, -0.2) is 9.50 Å². The minimum Gasteiger partial charge on any atom is -0.396 e. The molecule has 2 aromatic heterocycles. The first-order chi connectivity index (χ1) is 8.86. The van der Waals surface area contributed by atoms with Crippen molar-refractivity contribution < 1.29 is 5.11 Å². The highest BCUT2D eigenvalue weighted by Crippen LogP contribution is 2.16. The molecule has 6 heteroatoms. The van der Waals surface area contributed by atoms with Gasteiger partial charge in [0.1, 0.15) is 0 Å². The molecule has 0 bridgehead atoms. The summed E-state index contributed by atoms with van der Waals surface area (Å²) in [6.45, 7) is 4.17. The van der Waals surface area contributed by atoms with E-state index >= 15 is 0 Å². The topological polar surface area (TPSA) is 65.7 Å². The van der Waals surface area contributed by atoms with Crippen LogP contribution in [0.5, 0.6) is 0 Å². The molecule has 1 aliphatic heterocycles. The maximum Gasteiger partial charge on any atom is 0.157 e. The van der Waals surface area contributed by atoms with Crippen molar-refractivity contribution in [2.45, 2.75) is 6.42 Å². The molecule has 0 unspecified atom stereocenters. The molecule has 18 heavy (non-hydrogen) atoms. The van der Waals surface area contributed by atoms with Crippen molar-refractivity contribution in [3.63, 3.8) is 0 Å². The number of aliphatic hydroxyl groups is 1. The van der Waals surface area contributed by atoms with Gasteiger partial charge >= 0.3 is 0 Å². The minimum absolute atomic E-state index is 0.0849. The normalized spacial score (nSPS) is 16.4. The molecule has 0 aromatic carbocycles. The average Bonchev–Trinajstić information content (AvgIpc) is 2.81. The van der Waals surface area contributed by atoms with Gasteiger partial charge in [-0.3, -0.25) is 0 Å². The van der Waals surface area contributed by atoms with Crippen LogP contribution in [0.1, 0.15) is 5.82 Å². The molecule has 3 rings (SSSR count). The first-order valence-corrected chi connectivity index (χ1v) is 6.28. The van der Waals surface area contributed by atoms with Crippen LogP contribution in [0.2, 0.25) is 0 Å². The van der Waals surface area contributed by atoms with E-state index in [4.69, 9.17) is 5.11 Å². The van der Waals surface area contributed by atoms with E-state index in [1.54, 1.807) is 4.52 Å². The molecule has 2 aromatic rings. The molecular formula is C12H17N5O. The zero-order valence-electron chi connectivity index (χ0n) is 10.2. The van der Waals surface area contributed by atoms with Crippen LogP contribution in [0.4, 0.5) is 5.69 Å². The first kappa shape index (κ1) is 11.4. The van der Waals surface area contributed by atoms with Crippen LogP contribution >= 0.6 is 0 Å². The Labute approximate surface area is 105 Å². The maximum atomic E-state index is 8.90. The van der Waals surface area contributed by atoms with Gasteiger partial charge in [-0.05, 0) is 6.07 Å². The third kappa shape index (κ3) is 2.16. The van der Waals surface area contributed by atoms with Gasteiger partial charge in [0, 0.05) is 50.6 Å². The number of anilines is 1. The SMILES string of the molecule is OCCc1nc2cc(N3CCNCC3)ccn2n1. The summed E-state index contributed by atoms with van der Waals surface area (Å²) in [4.78, 5) is 6.75. The van der Waals surface area contributed by atoms with Crippen LogP contribution in [0.15, 0.2) is 18.3 Å². The number of pyridine rings is 1. The quantitative estimate of drug-likeness (QED) is 0.778. The van der Waals surface area contributed by atoms with Gasteiger partial charge in [0.25, 0.3) is 0 Å². The second kappa shape index (κ2) is 4.91. The van der Waals surface area contributed by atoms with Crippen molar-refractivity contribution >= 4 is 11.3 Å². The fourth-order valence-electron chi connectivity index (χ4n) is 2.24. The lowest BCUT2D eigenvalue weighted by Crippen LogP contribution is -2.43. The number of nitrogens with zero attached hydrogens (tertiary/aromatic N) is 4. The van der Waals surface area contributed by atoms with E-state index in [-0.39, 0.29) is 6.61 Å². The molecule has 0 saturated carbocycles. The Kier molecular flexibility index (Phi) is 3.12. The molecule has 0 aliphatic carbocycles. The first-order valence-electron chi connectivity index (χ1n) is 6.28. The molecule has 0 atom stereocenters. The number of fused-ring (bicyclic) bond motifs is 1. The Hall–Kier alpha value is -1.66. The summed E-state index contributed by atoms with van der Waals surface area (Å²) >= 11 is 0. The number of hydrogen-bond acceptors (Lipinski definition) is 5. The summed E-state index contributed by atoms with van der Waals surface area (Å²) in [7, 11) is 0. The Balaban J connectivity index is 1.89. The van der Waals surface area contributed by atoms with Gasteiger partial charge in [-0.1, -0.05) is 0 Å². The van der Waals surface area contributed by atoms with E-state index in [0.29, 0.717) is 12.2 Å². The van der Waals surface area contributed by atoms with Crippen LogP contribution in [0, 0.1) is 0 Å². The molecule has 0 amide bonds. The van der Waals surface area contributed by atoms with E-state index < -0.39 is 0 Å². The second-order valence-corrected chi connectivity index (χ2v) is 4.43. The molecule has 1 fully saturated rings. The molecular weight excluding hydrogens is 230 g/mol. The van der Waals surface area contributed by atoms with Gasteiger partial charge in [0.2, 0.25) is 0 Å². The van der Waals surface area contributed by atoms with Gasteiger partial charge < -0.3 is 15.3 Å². The molecule has 2 N–H and O–H groups in total. The molecule has 6 nitrogen and oxygen atoms in total. The average molecular weight is 247 g/mol. The predicted octanol–water partition coefficient (Wildman–Crippen LogP) is -0.326. The van der Waals surface area contributed by atoms with E-state index in [2.05, 4.69) is 32.4 Å². The van der Waals surface area contributed by atoms with Crippen molar-refractivity contribution in [2.24, 2.45) is 0 Å². The Morgan fingerprint density at radius 1 is 1.33 bits per heavy atom. The monoisotopic (exact) mass is 247 g/mol. The molecule has 96 valence electrons. The van der Waals surface area contributed by atoms with Crippen LogP contribution in [-0.2, 0) is 6.42 Å². The molecule has 0 radical (unpaired) electrons. The lowest BCUT2D eigenvalue weighted by molar-refractivity contribution is 0.296. The van der Waals surface area contributed by atoms with Crippen molar-refractivity contribution in [3.8, 4) is 0 Å². The summed E-state index contributed by atoms with van der Waals surface area (Å²) in [5.74, 6) is 0.690. The van der Waals surface area contributed by atoms with Gasteiger partial charge in [-0.2, -0.15) is 5.10 Å². The molecule has 1 saturated heterocycles. The van der Waals surface area contributed by atoms with Crippen LogP contribution in [0.25, 0.3) is 5.65 Å². The molecule has 1 aliphatic rings.